The highest BCUT2D eigenvalue weighted by atomic mass is 16.3. The smallest absolute Gasteiger partial charge is 0.222 e. The molecule has 1 atom stereocenters. The molecule has 1 saturated heterocycles. The molecule has 1 unspecified atom stereocenters. The zero-order chi connectivity index (χ0) is 11.4. The number of hydrogen-bond acceptors (Lipinski definition) is 2. The van der Waals surface area contributed by atoms with Crippen molar-refractivity contribution >= 4 is 5.91 Å². The van der Waals surface area contributed by atoms with Crippen molar-refractivity contribution in [1.29, 1.82) is 0 Å². The fourth-order valence-corrected chi connectivity index (χ4v) is 3.03. The van der Waals surface area contributed by atoms with Gasteiger partial charge in [-0.25, -0.2) is 0 Å². The quantitative estimate of drug-likeness (QED) is 0.795. The molecule has 2 rings (SSSR count). The average molecular weight is 225 g/mol. The van der Waals surface area contributed by atoms with Gasteiger partial charge in [-0.3, -0.25) is 4.79 Å². The van der Waals surface area contributed by atoms with E-state index >= 15 is 0 Å². The Morgan fingerprint density at radius 1 is 1.12 bits per heavy atom. The van der Waals surface area contributed by atoms with Crippen LogP contribution in [-0.4, -0.2) is 35.6 Å². The molecule has 0 bridgehead atoms. The summed E-state index contributed by atoms with van der Waals surface area (Å²) in [5.74, 6) is 1.29. The molecule has 1 saturated carbocycles. The van der Waals surface area contributed by atoms with Crippen LogP contribution in [0.5, 0.6) is 0 Å². The second-order valence-corrected chi connectivity index (χ2v) is 5.39. The molecule has 3 nitrogen and oxygen atoms in total. The fraction of sp³-hybridized carbons (Fsp3) is 0.923. The van der Waals surface area contributed by atoms with Crippen LogP contribution >= 0.6 is 0 Å². The summed E-state index contributed by atoms with van der Waals surface area (Å²) < 4.78 is 0. The standard InChI is InChI=1S/C13H23NO2/c15-10-12-6-3-7-14(9-12)13(16)8-11-4-1-2-5-11/h11-12,15H,1-10H2. The Labute approximate surface area is 97.8 Å². The number of rotatable bonds is 3. The lowest BCUT2D eigenvalue weighted by Crippen LogP contribution is -2.41. The predicted octanol–water partition coefficient (Wildman–Crippen LogP) is 1.80. The van der Waals surface area contributed by atoms with Gasteiger partial charge in [-0.2, -0.15) is 0 Å². The molecule has 1 heterocycles. The molecule has 2 aliphatic rings. The molecule has 0 aromatic heterocycles. The second kappa shape index (κ2) is 5.67. The average Bonchev–Trinajstić information content (AvgIpc) is 2.82. The van der Waals surface area contributed by atoms with Gasteiger partial charge in [0.2, 0.25) is 5.91 Å². The molecule has 0 spiro atoms. The molecule has 1 aliphatic heterocycles. The van der Waals surface area contributed by atoms with E-state index < -0.39 is 0 Å². The number of likely N-dealkylation sites (tertiary alicyclic amines) is 1. The molecule has 1 N–H and O–H groups in total. The lowest BCUT2D eigenvalue weighted by atomic mass is 9.97. The first-order chi connectivity index (χ1) is 7.79. The predicted molar refractivity (Wildman–Crippen MR) is 63.0 cm³/mol. The van der Waals surface area contributed by atoms with Gasteiger partial charge in [0.25, 0.3) is 0 Å². The third-order valence-electron chi connectivity index (χ3n) is 4.07. The van der Waals surface area contributed by atoms with Gasteiger partial charge in [0.15, 0.2) is 0 Å². The van der Waals surface area contributed by atoms with E-state index in [1.165, 1.54) is 25.7 Å². The van der Waals surface area contributed by atoms with Crippen molar-refractivity contribution in [2.75, 3.05) is 19.7 Å². The van der Waals surface area contributed by atoms with Crippen LogP contribution in [0.15, 0.2) is 0 Å². The summed E-state index contributed by atoms with van der Waals surface area (Å²) >= 11 is 0. The number of piperidine rings is 1. The van der Waals surface area contributed by atoms with Gasteiger partial charge >= 0.3 is 0 Å². The van der Waals surface area contributed by atoms with E-state index in [0.29, 0.717) is 17.7 Å². The molecule has 2 fully saturated rings. The highest BCUT2D eigenvalue weighted by Crippen LogP contribution is 2.28. The Kier molecular flexibility index (Phi) is 4.22. The summed E-state index contributed by atoms with van der Waals surface area (Å²) in [6.45, 7) is 1.91. The number of nitrogens with zero attached hydrogens (tertiary/aromatic N) is 1. The topological polar surface area (TPSA) is 40.5 Å². The van der Waals surface area contributed by atoms with E-state index in [9.17, 15) is 4.79 Å². The third-order valence-corrected chi connectivity index (χ3v) is 4.07. The zero-order valence-corrected chi connectivity index (χ0v) is 10.0. The Bertz CT molecular complexity index is 236. The lowest BCUT2D eigenvalue weighted by Gasteiger charge is -2.32. The highest BCUT2D eigenvalue weighted by Gasteiger charge is 2.26. The summed E-state index contributed by atoms with van der Waals surface area (Å²) in [6, 6.07) is 0. The first kappa shape index (κ1) is 11.9. The van der Waals surface area contributed by atoms with Gasteiger partial charge in [-0.15, -0.1) is 0 Å². The van der Waals surface area contributed by atoms with E-state index in [2.05, 4.69) is 0 Å². The second-order valence-electron chi connectivity index (χ2n) is 5.39. The van der Waals surface area contributed by atoms with Crippen molar-refractivity contribution in [3.05, 3.63) is 0 Å². The number of aliphatic hydroxyl groups is 1. The van der Waals surface area contributed by atoms with Crippen molar-refractivity contribution in [2.24, 2.45) is 11.8 Å². The van der Waals surface area contributed by atoms with Gasteiger partial charge in [-0.1, -0.05) is 12.8 Å². The molecule has 92 valence electrons. The van der Waals surface area contributed by atoms with Gasteiger partial charge in [0.05, 0.1) is 0 Å². The normalized spacial score (nSPS) is 27.3. The minimum absolute atomic E-state index is 0.229. The van der Waals surface area contributed by atoms with Crippen LogP contribution in [0.4, 0.5) is 0 Å². The summed E-state index contributed by atoms with van der Waals surface area (Å²) in [4.78, 5) is 14.0. The van der Waals surface area contributed by atoms with E-state index in [1.54, 1.807) is 0 Å². The van der Waals surface area contributed by atoms with Crippen molar-refractivity contribution in [3.8, 4) is 0 Å². The van der Waals surface area contributed by atoms with E-state index in [4.69, 9.17) is 5.11 Å². The summed E-state index contributed by atoms with van der Waals surface area (Å²) in [5.41, 5.74) is 0. The zero-order valence-electron chi connectivity index (χ0n) is 10.0. The number of carbonyl (C=O) groups excluding carboxylic acids is 1. The summed E-state index contributed by atoms with van der Waals surface area (Å²) in [5, 5.41) is 9.14. The lowest BCUT2D eigenvalue weighted by molar-refractivity contribution is -0.134. The van der Waals surface area contributed by atoms with Crippen LogP contribution in [0.25, 0.3) is 0 Å². The van der Waals surface area contributed by atoms with Crippen LogP contribution in [0, 0.1) is 11.8 Å². The van der Waals surface area contributed by atoms with Gasteiger partial charge in [0.1, 0.15) is 0 Å². The number of amides is 1. The Morgan fingerprint density at radius 2 is 1.81 bits per heavy atom. The number of aliphatic hydroxyl groups excluding tert-OH is 1. The molecule has 1 amide bonds. The highest BCUT2D eigenvalue weighted by molar-refractivity contribution is 5.76. The van der Waals surface area contributed by atoms with Gasteiger partial charge in [-0.05, 0) is 37.5 Å². The van der Waals surface area contributed by atoms with Crippen molar-refractivity contribution in [2.45, 2.75) is 44.9 Å². The Balaban J connectivity index is 1.79. The molecule has 16 heavy (non-hydrogen) atoms. The maximum absolute atomic E-state index is 12.1. The molecule has 1 aliphatic carbocycles. The first-order valence-corrected chi connectivity index (χ1v) is 6.68. The van der Waals surface area contributed by atoms with Crippen molar-refractivity contribution in [1.82, 2.24) is 4.90 Å². The van der Waals surface area contributed by atoms with Crippen molar-refractivity contribution < 1.29 is 9.90 Å². The Morgan fingerprint density at radius 3 is 2.50 bits per heavy atom. The third kappa shape index (κ3) is 2.97. The van der Waals surface area contributed by atoms with Crippen LogP contribution in [-0.2, 0) is 4.79 Å². The molecular weight excluding hydrogens is 202 g/mol. The van der Waals surface area contributed by atoms with E-state index in [-0.39, 0.29) is 6.61 Å². The molecule has 0 radical (unpaired) electrons. The van der Waals surface area contributed by atoms with Crippen LogP contribution in [0.3, 0.4) is 0 Å². The van der Waals surface area contributed by atoms with Crippen molar-refractivity contribution in [3.63, 3.8) is 0 Å². The summed E-state index contributed by atoms with van der Waals surface area (Å²) in [6.07, 6.45) is 7.96. The number of hydrogen-bond donors (Lipinski definition) is 1. The maximum Gasteiger partial charge on any atom is 0.222 e. The molecular formula is C13H23NO2. The van der Waals surface area contributed by atoms with Crippen LogP contribution < -0.4 is 0 Å². The maximum atomic E-state index is 12.1. The Hall–Kier alpha value is -0.570. The van der Waals surface area contributed by atoms with Crippen LogP contribution in [0.2, 0.25) is 0 Å². The number of carbonyl (C=O) groups is 1. The molecule has 0 aromatic rings. The molecule has 0 aromatic carbocycles. The SMILES string of the molecule is O=C(CC1CCCC1)N1CCCC(CO)C1. The van der Waals surface area contributed by atoms with E-state index in [0.717, 1.165) is 32.4 Å². The minimum Gasteiger partial charge on any atom is -0.396 e. The first-order valence-electron chi connectivity index (χ1n) is 6.68. The minimum atomic E-state index is 0.229. The fourth-order valence-electron chi connectivity index (χ4n) is 3.03. The summed E-state index contributed by atoms with van der Waals surface area (Å²) in [7, 11) is 0. The largest absolute Gasteiger partial charge is 0.396 e. The van der Waals surface area contributed by atoms with Gasteiger partial charge in [0, 0.05) is 26.1 Å². The van der Waals surface area contributed by atoms with E-state index in [1.807, 2.05) is 4.90 Å². The monoisotopic (exact) mass is 225 g/mol. The van der Waals surface area contributed by atoms with Crippen LogP contribution in [0.1, 0.15) is 44.9 Å². The molecule has 3 heteroatoms. The van der Waals surface area contributed by atoms with Gasteiger partial charge < -0.3 is 10.0 Å².